The van der Waals surface area contributed by atoms with Crippen LogP contribution in [0.3, 0.4) is 0 Å². The Labute approximate surface area is 90.7 Å². The normalized spacial score (nSPS) is 15.2. The van der Waals surface area contributed by atoms with Gasteiger partial charge in [0.1, 0.15) is 0 Å². The van der Waals surface area contributed by atoms with Crippen molar-refractivity contribution in [3.8, 4) is 0 Å². The number of rotatable bonds is 6. The topological polar surface area (TPSA) is 12.0 Å². The van der Waals surface area contributed by atoms with Gasteiger partial charge in [-0.25, -0.2) is 0 Å². The predicted octanol–water partition coefficient (Wildman–Crippen LogP) is 3.69. The quantitative estimate of drug-likeness (QED) is 0.688. The van der Waals surface area contributed by atoms with Gasteiger partial charge in [0, 0.05) is 6.04 Å². The van der Waals surface area contributed by atoms with E-state index in [4.69, 9.17) is 0 Å². The first-order chi connectivity index (χ1) is 6.27. The minimum absolute atomic E-state index is 0.462. The summed E-state index contributed by atoms with van der Waals surface area (Å²) in [7, 11) is 0. The summed E-state index contributed by atoms with van der Waals surface area (Å²) in [6.07, 6.45) is 1.27. The van der Waals surface area contributed by atoms with E-state index in [9.17, 15) is 0 Å². The molecule has 0 saturated carbocycles. The van der Waals surface area contributed by atoms with Crippen LogP contribution in [0.15, 0.2) is 0 Å². The fourth-order valence-electron chi connectivity index (χ4n) is 1.15. The van der Waals surface area contributed by atoms with Crippen molar-refractivity contribution in [2.75, 3.05) is 6.54 Å². The molecule has 0 aliphatic carbocycles. The van der Waals surface area contributed by atoms with E-state index >= 15 is 0 Å². The van der Waals surface area contributed by atoms with Crippen molar-refractivity contribution >= 4 is 0 Å². The van der Waals surface area contributed by atoms with Gasteiger partial charge in [-0.3, -0.25) is 0 Å². The molecule has 0 rings (SSSR count). The third-order valence-electron chi connectivity index (χ3n) is 3.80. The van der Waals surface area contributed by atoms with E-state index in [1.807, 2.05) is 0 Å². The highest BCUT2D eigenvalue weighted by molar-refractivity contribution is 4.74. The Kier molecular flexibility index (Phi) is 5.73. The van der Waals surface area contributed by atoms with Gasteiger partial charge in [0.2, 0.25) is 0 Å². The van der Waals surface area contributed by atoms with Gasteiger partial charge in [0.05, 0.1) is 0 Å². The van der Waals surface area contributed by atoms with Crippen molar-refractivity contribution in [1.29, 1.82) is 0 Å². The molecule has 0 saturated heterocycles. The zero-order valence-corrected chi connectivity index (χ0v) is 11.1. The Hall–Kier alpha value is -0.0400. The summed E-state index contributed by atoms with van der Waals surface area (Å²) < 4.78 is 0. The molecule has 0 spiro atoms. The van der Waals surface area contributed by atoms with Crippen LogP contribution in [0.1, 0.15) is 54.9 Å². The standard InChI is InChI=1S/C13H29N/c1-10(2)12(5)14-9-8-13(6,7)11(3)4/h10-12,14H,8-9H2,1-7H3. The van der Waals surface area contributed by atoms with Crippen molar-refractivity contribution in [3.05, 3.63) is 0 Å². The molecule has 1 unspecified atom stereocenters. The van der Waals surface area contributed by atoms with Crippen LogP contribution in [0, 0.1) is 17.3 Å². The molecule has 0 amide bonds. The number of nitrogens with one attached hydrogen (secondary N) is 1. The summed E-state index contributed by atoms with van der Waals surface area (Å²) in [5.74, 6) is 1.50. The zero-order chi connectivity index (χ0) is 11.4. The maximum Gasteiger partial charge on any atom is 0.00617 e. The lowest BCUT2D eigenvalue weighted by Gasteiger charge is -2.30. The van der Waals surface area contributed by atoms with Crippen LogP contribution in [-0.4, -0.2) is 12.6 Å². The minimum atomic E-state index is 0.462. The van der Waals surface area contributed by atoms with Gasteiger partial charge in [0.15, 0.2) is 0 Å². The second-order valence-electron chi connectivity index (χ2n) is 5.88. The lowest BCUT2D eigenvalue weighted by molar-refractivity contribution is 0.221. The molecule has 1 atom stereocenters. The average molecular weight is 199 g/mol. The maximum atomic E-state index is 3.59. The predicted molar refractivity (Wildman–Crippen MR) is 65.5 cm³/mol. The van der Waals surface area contributed by atoms with Gasteiger partial charge in [-0.2, -0.15) is 0 Å². The molecule has 0 aliphatic heterocycles. The summed E-state index contributed by atoms with van der Waals surface area (Å²) in [4.78, 5) is 0. The Morgan fingerprint density at radius 3 is 1.86 bits per heavy atom. The average Bonchev–Trinajstić information content (AvgIpc) is 2.03. The molecule has 0 aromatic rings. The summed E-state index contributed by atoms with van der Waals surface area (Å²) in [5, 5.41) is 3.59. The molecule has 0 aliphatic rings. The highest BCUT2D eigenvalue weighted by atomic mass is 14.9. The van der Waals surface area contributed by atoms with E-state index in [0.29, 0.717) is 11.5 Å². The van der Waals surface area contributed by atoms with Gasteiger partial charge in [-0.05, 0) is 37.1 Å². The maximum absolute atomic E-state index is 3.59. The largest absolute Gasteiger partial charge is 0.314 e. The van der Waals surface area contributed by atoms with Crippen molar-refractivity contribution in [3.63, 3.8) is 0 Å². The van der Waals surface area contributed by atoms with Gasteiger partial charge >= 0.3 is 0 Å². The zero-order valence-electron chi connectivity index (χ0n) is 11.1. The summed E-state index contributed by atoms with van der Waals surface area (Å²) in [6, 6.07) is 0.637. The molecule has 1 nitrogen and oxygen atoms in total. The molecular weight excluding hydrogens is 170 g/mol. The Bertz CT molecular complexity index is 147. The lowest BCUT2D eigenvalue weighted by Crippen LogP contribution is -2.34. The smallest absolute Gasteiger partial charge is 0.00617 e. The van der Waals surface area contributed by atoms with Crippen molar-refractivity contribution < 1.29 is 0 Å². The van der Waals surface area contributed by atoms with Gasteiger partial charge in [0.25, 0.3) is 0 Å². The van der Waals surface area contributed by atoms with Crippen LogP contribution < -0.4 is 5.32 Å². The van der Waals surface area contributed by atoms with Crippen molar-refractivity contribution in [2.45, 2.75) is 60.9 Å². The molecule has 1 N–H and O–H groups in total. The number of hydrogen-bond acceptors (Lipinski definition) is 1. The first-order valence-corrected chi connectivity index (χ1v) is 6.00. The van der Waals surface area contributed by atoms with E-state index in [2.05, 4.69) is 53.8 Å². The second-order valence-corrected chi connectivity index (χ2v) is 5.88. The van der Waals surface area contributed by atoms with Crippen LogP contribution in [0.5, 0.6) is 0 Å². The van der Waals surface area contributed by atoms with Crippen LogP contribution in [0.2, 0.25) is 0 Å². The Balaban J connectivity index is 3.74. The van der Waals surface area contributed by atoms with Crippen LogP contribution >= 0.6 is 0 Å². The molecule has 0 fully saturated rings. The van der Waals surface area contributed by atoms with Gasteiger partial charge < -0.3 is 5.32 Å². The third kappa shape index (κ3) is 4.99. The summed E-state index contributed by atoms with van der Waals surface area (Å²) >= 11 is 0. The molecule has 0 aromatic heterocycles. The molecular formula is C13H29N. The molecule has 0 bridgehead atoms. The van der Waals surface area contributed by atoms with Crippen LogP contribution in [0.4, 0.5) is 0 Å². The third-order valence-corrected chi connectivity index (χ3v) is 3.80. The lowest BCUT2D eigenvalue weighted by atomic mass is 9.78. The number of hydrogen-bond donors (Lipinski definition) is 1. The fraction of sp³-hybridized carbons (Fsp3) is 1.00. The Morgan fingerprint density at radius 1 is 1.00 bits per heavy atom. The molecule has 0 aromatic carbocycles. The highest BCUT2D eigenvalue weighted by Gasteiger charge is 2.21. The first kappa shape index (κ1) is 14.0. The monoisotopic (exact) mass is 199 g/mol. The van der Waals surface area contributed by atoms with E-state index in [0.717, 1.165) is 18.4 Å². The first-order valence-electron chi connectivity index (χ1n) is 6.00. The molecule has 1 heteroatoms. The fourth-order valence-corrected chi connectivity index (χ4v) is 1.15. The van der Waals surface area contributed by atoms with Crippen molar-refractivity contribution in [1.82, 2.24) is 5.32 Å². The van der Waals surface area contributed by atoms with E-state index in [1.54, 1.807) is 0 Å². The molecule has 0 heterocycles. The highest BCUT2D eigenvalue weighted by Crippen LogP contribution is 2.29. The van der Waals surface area contributed by atoms with E-state index in [1.165, 1.54) is 6.42 Å². The SMILES string of the molecule is CC(C)C(C)NCCC(C)(C)C(C)C. The van der Waals surface area contributed by atoms with Crippen LogP contribution in [-0.2, 0) is 0 Å². The molecule has 0 radical (unpaired) electrons. The molecule has 86 valence electrons. The Morgan fingerprint density at radius 2 is 1.50 bits per heavy atom. The van der Waals surface area contributed by atoms with Crippen LogP contribution in [0.25, 0.3) is 0 Å². The van der Waals surface area contributed by atoms with E-state index in [-0.39, 0.29) is 0 Å². The van der Waals surface area contributed by atoms with Crippen molar-refractivity contribution in [2.24, 2.45) is 17.3 Å². The summed E-state index contributed by atoms with van der Waals surface area (Å²) in [5.41, 5.74) is 0.462. The van der Waals surface area contributed by atoms with Gasteiger partial charge in [-0.15, -0.1) is 0 Å². The summed E-state index contributed by atoms with van der Waals surface area (Å²) in [6.45, 7) is 17.3. The second kappa shape index (κ2) is 5.75. The van der Waals surface area contributed by atoms with Gasteiger partial charge in [-0.1, -0.05) is 41.5 Å². The molecule has 14 heavy (non-hydrogen) atoms. The minimum Gasteiger partial charge on any atom is -0.314 e. The van der Waals surface area contributed by atoms with E-state index < -0.39 is 0 Å².